The summed E-state index contributed by atoms with van der Waals surface area (Å²) in [5.74, 6) is 0.820. The van der Waals surface area contributed by atoms with Crippen molar-refractivity contribution in [1.82, 2.24) is 9.78 Å². The number of nitrogens with zero attached hydrogens (tertiary/aromatic N) is 2. The van der Waals surface area contributed by atoms with Gasteiger partial charge in [0.1, 0.15) is 5.15 Å². The normalized spacial score (nSPS) is 26.8. The smallest absolute Gasteiger partial charge is 0.127 e. The SMILES string of the molecule is NCCC1CCC(n2nccc2Cl)CC1. The summed E-state index contributed by atoms with van der Waals surface area (Å²) >= 11 is 6.05. The first-order valence-corrected chi connectivity index (χ1v) is 6.08. The van der Waals surface area contributed by atoms with Gasteiger partial charge in [-0.05, 0) is 50.6 Å². The summed E-state index contributed by atoms with van der Waals surface area (Å²) in [6, 6.07) is 2.36. The summed E-state index contributed by atoms with van der Waals surface area (Å²) in [5.41, 5.74) is 5.57. The minimum absolute atomic E-state index is 0.501. The van der Waals surface area contributed by atoms with Crippen molar-refractivity contribution in [3.8, 4) is 0 Å². The molecule has 2 rings (SSSR count). The van der Waals surface area contributed by atoms with E-state index in [1.54, 1.807) is 6.20 Å². The van der Waals surface area contributed by atoms with Crippen LogP contribution in [0.5, 0.6) is 0 Å². The van der Waals surface area contributed by atoms with Crippen molar-refractivity contribution in [3.05, 3.63) is 17.4 Å². The monoisotopic (exact) mass is 227 g/mol. The number of aromatic nitrogens is 2. The van der Waals surface area contributed by atoms with Crippen LogP contribution in [0, 0.1) is 5.92 Å². The van der Waals surface area contributed by atoms with E-state index in [4.69, 9.17) is 17.3 Å². The maximum Gasteiger partial charge on any atom is 0.127 e. The van der Waals surface area contributed by atoms with Gasteiger partial charge in [-0.15, -0.1) is 0 Å². The number of hydrogen-bond donors (Lipinski definition) is 1. The Morgan fingerprint density at radius 1 is 1.40 bits per heavy atom. The zero-order valence-corrected chi connectivity index (χ0v) is 9.66. The predicted octanol–water partition coefficient (Wildman–Crippen LogP) is 2.62. The van der Waals surface area contributed by atoms with Crippen LogP contribution in [0.15, 0.2) is 12.3 Å². The number of hydrogen-bond acceptors (Lipinski definition) is 2. The molecule has 1 aliphatic carbocycles. The molecule has 1 saturated carbocycles. The molecule has 1 aromatic rings. The van der Waals surface area contributed by atoms with Crippen molar-refractivity contribution in [2.75, 3.05) is 6.54 Å². The Morgan fingerprint density at radius 3 is 2.67 bits per heavy atom. The molecular weight excluding hydrogens is 210 g/mol. The topological polar surface area (TPSA) is 43.8 Å². The fraction of sp³-hybridized carbons (Fsp3) is 0.727. The van der Waals surface area contributed by atoms with Crippen LogP contribution in [-0.4, -0.2) is 16.3 Å². The average Bonchev–Trinajstić information content (AvgIpc) is 2.66. The highest BCUT2D eigenvalue weighted by molar-refractivity contribution is 6.29. The van der Waals surface area contributed by atoms with Gasteiger partial charge in [-0.2, -0.15) is 5.10 Å². The van der Waals surface area contributed by atoms with E-state index < -0.39 is 0 Å². The molecular formula is C11H18ClN3. The van der Waals surface area contributed by atoms with Crippen LogP contribution in [0.25, 0.3) is 0 Å². The van der Waals surface area contributed by atoms with Crippen molar-refractivity contribution >= 4 is 11.6 Å². The van der Waals surface area contributed by atoms with Crippen molar-refractivity contribution in [2.24, 2.45) is 11.7 Å². The van der Waals surface area contributed by atoms with Crippen molar-refractivity contribution in [3.63, 3.8) is 0 Å². The van der Waals surface area contributed by atoms with Crippen LogP contribution in [0.1, 0.15) is 38.1 Å². The minimum Gasteiger partial charge on any atom is -0.330 e. The van der Waals surface area contributed by atoms with E-state index in [9.17, 15) is 0 Å². The summed E-state index contributed by atoms with van der Waals surface area (Å²) in [6.45, 7) is 0.817. The summed E-state index contributed by atoms with van der Waals surface area (Å²) in [6.07, 6.45) is 7.84. The molecule has 0 amide bonds. The van der Waals surface area contributed by atoms with Crippen molar-refractivity contribution in [1.29, 1.82) is 0 Å². The summed E-state index contributed by atoms with van der Waals surface area (Å²) in [4.78, 5) is 0. The number of rotatable bonds is 3. The fourth-order valence-electron chi connectivity index (χ4n) is 2.48. The number of nitrogens with two attached hydrogens (primary N) is 1. The van der Waals surface area contributed by atoms with E-state index >= 15 is 0 Å². The molecule has 2 N–H and O–H groups in total. The van der Waals surface area contributed by atoms with Gasteiger partial charge >= 0.3 is 0 Å². The third kappa shape index (κ3) is 2.52. The van der Waals surface area contributed by atoms with Gasteiger partial charge in [0.2, 0.25) is 0 Å². The van der Waals surface area contributed by atoms with Gasteiger partial charge in [-0.3, -0.25) is 4.68 Å². The Kier molecular flexibility index (Phi) is 3.65. The van der Waals surface area contributed by atoms with Crippen LogP contribution in [0.4, 0.5) is 0 Å². The molecule has 0 atom stereocenters. The maximum absolute atomic E-state index is 6.05. The lowest BCUT2D eigenvalue weighted by Gasteiger charge is -2.28. The second-order valence-corrected chi connectivity index (χ2v) is 4.74. The molecule has 1 aliphatic rings. The quantitative estimate of drug-likeness (QED) is 0.863. The highest BCUT2D eigenvalue weighted by Gasteiger charge is 2.23. The Hall–Kier alpha value is -0.540. The summed E-state index contributed by atoms with van der Waals surface area (Å²) in [5, 5.41) is 5.03. The molecule has 0 saturated heterocycles. The third-order valence-corrected chi connectivity index (χ3v) is 3.66. The molecule has 84 valence electrons. The fourth-order valence-corrected chi connectivity index (χ4v) is 2.72. The Morgan fingerprint density at radius 2 is 2.13 bits per heavy atom. The van der Waals surface area contributed by atoms with E-state index in [2.05, 4.69) is 5.10 Å². The van der Waals surface area contributed by atoms with E-state index in [1.165, 1.54) is 32.1 Å². The van der Waals surface area contributed by atoms with Gasteiger partial charge in [0.15, 0.2) is 0 Å². The van der Waals surface area contributed by atoms with Gasteiger partial charge in [0.05, 0.1) is 12.2 Å². The Labute approximate surface area is 95.6 Å². The lowest BCUT2D eigenvalue weighted by molar-refractivity contribution is 0.253. The second kappa shape index (κ2) is 4.99. The minimum atomic E-state index is 0.501. The zero-order valence-electron chi connectivity index (χ0n) is 8.90. The average molecular weight is 228 g/mol. The third-order valence-electron chi connectivity index (χ3n) is 3.36. The van der Waals surface area contributed by atoms with Gasteiger partial charge in [-0.1, -0.05) is 11.6 Å². The molecule has 1 fully saturated rings. The molecule has 4 heteroatoms. The first kappa shape index (κ1) is 11.0. The van der Waals surface area contributed by atoms with Crippen LogP contribution in [0.3, 0.4) is 0 Å². The molecule has 0 radical (unpaired) electrons. The summed E-state index contributed by atoms with van der Waals surface area (Å²) < 4.78 is 1.96. The molecule has 0 spiro atoms. The molecule has 1 heterocycles. The highest BCUT2D eigenvalue weighted by atomic mass is 35.5. The van der Waals surface area contributed by atoms with Gasteiger partial charge in [-0.25, -0.2) is 0 Å². The second-order valence-electron chi connectivity index (χ2n) is 4.35. The van der Waals surface area contributed by atoms with E-state index in [1.807, 2.05) is 10.7 Å². The van der Waals surface area contributed by atoms with E-state index in [0.29, 0.717) is 6.04 Å². The highest BCUT2D eigenvalue weighted by Crippen LogP contribution is 2.34. The molecule has 0 aliphatic heterocycles. The first-order chi connectivity index (χ1) is 7.31. The molecule has 3 nitrogen and oxygen atoms in total. The van der Waals surface area contributed by atoms with Gasteiger partial charge < -0.3 is 5.73 Å². The van der Waals surface area contributed by atoms with E-state index in [0.717, 1.165) is 17.6 Å². The van der Waals surface area contributed by atoms with Crippen LogP contribution in [0.2, 0.25) is 5.15 Å². The Bertz CT molecular complexity index is 303. The van der Waals surface area contributed by atoms with Crippen molar-refractivity contribution in [2.45, 2.75) is 38.1 Å². The van der Waals surface area contributed by atoms with E-state index in [-0.39, 0.29) is 0 Å². The standard InChI is InChI=1S/C11H18ClN3/c12-11-6-8-14-15(11)10-3-1-9(2-4-10)5-7-13/h6,8-10H,1-5,7,13H2. The zero-order chi connectivity index (χ0) is 10.7. The largest absolute Gasteiger partial charge is 0.330 e. The molecule has 1 aromatic heterocycles. The molecule has 0 unspecified atom stereocenters. The van der Waals surface area contributed by atoms with Crippen LogP contribution >= 0.6 is 11.6 Å². The number of halogens is 1. The summed E-state index contributed by atoms with van der Waals surface area (Å²) in [7, 11) is 0. The lowest BCUT2D eigenvalue weighted by Crippen LogP contribution is -2.20. The molecule has 0 bridgehead atoms. The van der Waals surface area contributed by atoms with Crippen LogP contribution < -0.4 is 5.73 Å². The molecule has 0 aromatic carbocycles. The first-order valence-electron chi connectivity index (χ1n) is 5.70. The van der Waals surface area contributed by atoms with Gasteiger partial charge in [0.25, 0.3) is 0 Å². The molecule has 15 heavy (non-hydrogen) atoms. The lowest BCUT2D eigenvalue weighted by atomic mass is 9.84. The predicted molar refractivity (Wildman–Crippen MR) is 61.9 cm³/mol. The van der Waals surface area contributed by atoms with Crippen molar-refractivity contribution < 1.29 is 0 Å². The maximum atomic E-state index is 6.05. The Balaban J connectivity index is 1.91. The van der Waals surface area contributed by atoms with Crippen LogP contribution in [-0.2, 0) is 0 Å². The van der Waals surface area contributed by atoms with Gasteiger partial charge in [0, 0.05) is 0 Å².